The third-order valence-corrected chi connectivity index (χ3v) is 6.06. The first-order valence-electron chi connectivity index (χ1n) is 11.8. The van der Waals surface area contributed by atoms with E-state index in [-0.39, 0.29) is 30.3 Å². The van der Waals surface area contributed by atoms with E-state index in [9.17, 15) is 29.4 Å². The van der Waals surface area contributed by atoms with Crippen molar-refractivity contribution >= 4 is 36.3 Å². The molecule has 0 saturated heterocycles. The number of hydrogen-bond donors (Lipinski definition) is 7. The molecule has 2 aromatic rings. The lowest BCUT2D eigenvalue weighted by molar-refractivity contribution is -0.143. The average Bonchev–Trinajstić information content (AvgIpc) is 2.86. The zero-order valence-corrected chi connectivity index (χ0v) is 21.7. The normalized spacial score (nSPS) is 14.2. The molecule has 37 heavy (non-hydrogen) atoms. The molecule has 0 spiro atoms. The van der Waals surface area contributed by atoms with Gasteiger partial charge in [-0.15, -0.1) is 0 Å². The summed E-state index contributed by atoms with van der Waals surface area (Å²) in [5.41, 5.74) is 7.48. The Balaban J connectivity index is 2.11. The number of nitrogens with two attached hydrogens (primary N) is 1. The molecule has 0 fully saturated rings. The van der Waals surface area contributed by atoms with Crippen LogP contribution in [0, 0.1) is 5.92 Å². The first kappa shape index (κ1) is 29.7. The number of carboxylic acids is 1. The van der Waals surface area contributed by atoms with Crippen molar-refractivity contribution in [1.82, 2.24) is 16.0 Å². The first-order chi connectivity index (χ1) is 17.5. The summed E-state index contributed by atoms with van der Waals surface area (Å²) in [6.45, 7) is 3.33. The van der Waals surface area contributed by atoms with Gasteiger partial charge in [-0.2, -0.15) is 12.6 Å². The molecule has 0 heterocycles. The fourth-order valence-electron chi connectivity index (χ4n) is 3.55. The summed E-state index contributed by atoms with van der Waals surface area (Å²) in [7, 11) is 0. The third kappa shape index (κ3) is 9.43. The van der Waals surface area contributed by atoms with E-state index in [0.717, 1.165) is 11.1 Å². The highest BCUT2D eigenvalue weighted by molar-refractivity contribution is 7.80. The summed E-state index contributed by atoms with van der Waals surface area (Å²) in [4.78, 5) is 50.3. The molecular formula is C26H34N4O6S. The predicted molar refractivity (Wildman–Crippen MR) is 142 cm³/mol. The molecule has 3 amide bonds. The van der Waals surface area contributed by atoms with E-state index < -0.39 is 47.9 Å². The largest absolute Gasteiger partial charge is 0.508 e. The second-order valence-electron chi connectivity index (χ2n) is 9.04. The minimum absolute atomic E-state index is 0.0626. The Kier molecular flexibility index (Phi) is 11.4. The van der Waals surface area contributed by atoms with E-state index in [1.165, 1.54) is 12.1 Å². The van der Waals surface area contributed by atoms with Gasteiger partial charge in [0.05, 0.1) is 6.04 Å². The number of phenols is 1. The molecule has 0 aliphatic carbocycles. The Morgan fingerprint density at radius 2 is 1.35 bits per heavy atom. The van der Waals surface area contributed by atoms with Crippen molar-refractivity contribution in [3.05, 3.63) is 65.7 Å². The van der Waals surface area contributed by atoms with Crippen LogP contribution in [0.25, 0.3) is 0 Å². The molecule has 0 bridgehead atoms. The number of thiol groups is 1. The Bertz CT molecular complexity index is 1060. The quantitative estimate of drug-likeness (QED) is 0.186. The Hall–Kier alpha value is -3.57. The smallest absolute Gasteiger partial charge is 0.326 e. The second-order valence-corrected chi connectivity index (χ2v) is 9.41. The minimum Gasteiger partial charge on any atom is -0.508 e. The molecule has 4 atom stereocenters. The average molecular weight is 531 g/mol. The van der Waals surface area contributed by atoms with Crippen LogP contribution in [0.2, 0.25) is 0 Å². The summed E-state index contributed by atoms with van der Waals surface area (Å²) in [6.07, 6.45) is 0.286. The van der Waals surface area contributed by atoms with Crippen LogP contribution in [0.5, 0.6) is 5.75 Å². The molecule has 4 unspecified atom stereocenters. The summed E-state index contributed by atoms with van der Waals surface area (Å²) in [5.74, 6) is -3.44. The maximum absolute atomic E-state index is 13.0. The van der Waals surface area contributed by atoms with Gasteiger partial charge in [0.15, 0.2) is 0 Å². The highest BCUT2D eigenvalue weighted by atomic mass is 32.1. The van der Waals surface area contributed by atoms with E-state index in [4.69, 9.17) is 5.73 Å². The van der Waals surface area contributed by atoms with E-state index in [1.807, 2.05) is 6.07 Å². The van der Waals surface area contributed by atoms with Gasteiger partial charge < -0.3 is 31.9 Å². The number of aliphatic carboxylic acids is 1. The monoisotopic (exact) mass is 530 g/mol. The SMILES string of the molecule is CC(C)C(NC(=O)C(Cc1ccccc1)NC(=O)C(CS)NC(=O)C(N)Cc1ccc(O)cc1)C(=O)O. The van der Waals surface area contributed by atoms with Gasteiger partial charge in [-0.1, -0.05) is 56.3 Å². The molecule has 0 aliphatic rings. The van der Waals surface area contributed by atoms with Crippen LogP contribution in [0.1, 0.15) is 25.0 Å². The fourth-order valence-corrected chi connectivity index (χ4v) is 3.81. The molecule has 2 aromatic carbocycles. The molecular weight excluding hydrogens is 496 g/mol. The van der Waals surface area contributed by atoms with Crippen LogP contribution in [0.4, 0.5) is 0 Å². The Labute approximate surface area is 221 Å². The lowest BCUT2D eigenvalue weighted by Crippen LogP contribution is -2.58. The highest BCUT2D eigenvalue weighted by Crippen LogP contribution is 2.11. The molecule has 2 rings (SSSR count). The maximum atomic E-state index is 13.0. The number of hydrogen-bond acceptors (Lipinski definition) is 7. The molecule has 7 N–H and O–H groups in total. The Morgan fingerprint density at radius 1 is 0.811 bits per heavy atom. The van der Waals surface area contributed by atoms with Gasteiger partial charge in [0, 0.05) is 12.2 Å². The van der Waals surface area contributed by atoms with Crippen LogP contribution in [0.3, 0.4) is 0 Å². The van der Waals surface area contributed by atoms with Crippen LogP contribution < -0.4 is 21.7 Å². The standard InChI is InChI=1S/C26H34N4O6S/c1-15(2)22(26(35)36)30-24(33)20(13-16-6-4-3-5-7-16)28-25(34)21(14-37)29-23(32)19(27)12-17-8-10-18(31)11-9-17/h3-11,15,19-22,31,37H,12-14,27H2,1-2H3,(H,28,34)(H,29,32)(H,30,33)(H,35,36). The lowest BCUT2D eigenvalue weighted by atomic mass is 10.0. The van der Waals surface area contributed by atoms with Crippen molar-refractivity contribution in [3.8, 4) is 5.75 Å². The summed E-state index contributed by atoms with van der Waals surface area (Å²) in [5, 5.41) is 26.5. The van der Waals surface area contributed by atoms with Crippen molar-refractivity contribution in [2.45, 2.75) is 50.9 Å². The van der Waals surface area contributed by atoms with Crippen molar-refractivity contribution < 1.29 is 29.4 Å². The molecule has 0 radical (unpaired) electrons. The third-order valence-electron chi connectivity index (χ3n) is 5.69. The molecule has 0 saturated carbocycles. The zero-order chi connectivity index (χ0) is 27.5. The minimum atomic E-state index is -1.18. The lowest BCUT2D eigenvalue weighted by Gasteiger charge is -2.25. The van der Waals surface area contributed by atoms with Gasteiger partial charge in [0.1, 0.15) is 23.9 Å². The predicted octanol–water partition coefficient (Wildman–Crippen LogP) is 0.630. The molecule has 0 aromatic heterocycles. The van der Waals surface area contributed by atoms with Crippen LogP contribution in [-0.4, -0.2) is 63.8 Å². The number of rotatable bonds is 13. The number of amides is 3. The maximum Gasteiger partial charge on any atom is 0.326 e. The summed E-state index contributed by atoms with van der Waals surface area (Å²) in [6, 6.07) is 10.9. The molecule has 0 aliphatic heterocycles. The van der Waals surface area contributed by atoms with Crippen LogP contribution in [-0.2, 0) is 32.0 Å². The van der Waals surface area contributed by atoms with E-state index in [0.29, 0.717) is 0 Å². The number of aromatic hydroxyl groups is 1. The van der Waals surface area contributed by atoms with Crippen molar-refractivity contribution in [3.63, 3.8) is 0 Å². The van der Waals surface area contributed by atoms with Crippen molar-refractivity contribution in [2.75, 3.05) is 5.75 Å². The van der Waals surface area contributed by atoms with E-state index >= 15 is 0 Å². The number of carbonyl (C=O) groups is 4. The Morgan fingerprint density at radius 3 is 1.89 bits per heavy atom. The van der Waals surface area contributed by atoms with Gasteiger partial charge in [0.25, 0.3) is 0 Å². The van der Waals surface area contributed by atoms with Crippen molar-refractivity contribution in [1.29, 1.82) is 0 Å². The first-order valence-corrected chi connectivity index (χ1v) is 12.5. The fraction of sp³-hybridized carbons (Fsp3) is 0.385. The molecule has 11 heteroatoms. The molecule has 200 valence electrons. The van der Waals surface area contributed by atoms with Crippen LogP contribution in [0.15, 0.2) is 54.6 Å². The van der Waals surface area contributed by atoms with Gasteiger partial charge in [0.2, 0.25) is 17.7 Å². The highest BCUT2D eigenvalue weighted by Gasteiger charge is 2.31. The van der Waals surface area contributed by atoms with Gasteiger partial charge >= 0.3 is 5.97 Å². The number of carboxylic acid groups (broad SMARTS) is 1. The molecule has 10 nitrogen and oxygen atoms in total. The van der Waals surface area contributed by atoms with E-state index in [2.05, 4.69) is 28.6 Å². The second kappa shape index (κ2) is 14.2. The topological polar surface area (TPSA) is 171 Å². The summed E-state index contributed by atoms with van der Waals surface area (Å²) < 4.78 is 0. The van der Waals surface area contributed by atoms with Gasteiger partial charge in [-0.3, -0.25) is 14.4 Å². The number of benzene rings is 2. The van der Waals surface area contributed by atoms with Gasteiger partial charge in [-0.25, -0.2) is 4.79 Å². The van der Waals surface area contributed by atoms with E-state index in [1.54, 1.807) is 50.2 Å². The summed E-state index contributed by atoms with van der Waals surface area (Å²) >= 11 is 4.17. The number of phenolic OH excluding ortho intramolecular Hbond substituents is 1. The number of nitrogens with one attached hydrogen (secondary N) is 3. The zero-order valence-electron chi connectivity index (χ0n) is 20.8. The van der Waals surface area contributed by atoms with Crippen LogP contribution >= 0.6 is 12.6 Å². The van der Waals surface area contributed by atoms with Crippen molar-refractivity contribution in [2.24, 2.45) is 11.7 Å². The van der Waals surface area contributed by atoms with Gasteiger partial charge in [-0.05, 0) is 35.6 Å². The number of carbonyl (C=O) groups excluding carboxylic acids is 3.